The van der Waals surface area contributed by atoms with E-state index in [1.165, 1.54) is 11.3 Å². The van der Waals surface area contributed by atoms with Crippen LogP contribution in [0.2, 0.25) is 0 Å². The maximum atomic E-state index is 13.0. The molecule has 0 fully saturated rings. The number of amides is 2. The number of nitrogens with one attached hydrogen (secondary N) is 1. The quantitative estimate of drug-likeness (QED) is 0.509. The van der Waals surface area contributed by atoms with Crippen LogP contribution in [0.1, 0.15) is 30.1 Å². The van der Waals surface area contributed by atoms with Crippen molar-refractivity contribution in [1.29, 1.82) is 0 Å². The number of nitrogens with zero attached hydrogens (tertiary/aromatic N) is 3. The second-order valence-corrected chi connectivity index (χ2v) is 8.28. The van der Waals surface area contributed by atoms with Gasteiger partial charge in [0.1, 0.15) is 10.8 Å². The molecule has 2 heterocycles. The van der Waals surface area contributed by atoms with Gasteiger partial charge in [0, 0.05) is 30.6 Å². The van der Waals surface area contributed by atoms with Crippen molar-refractivity contribution in [1.82, 2.24) is 15.1 Å². The monoisotopic (exact) mass is 468 g/mol. The number of rotatable bonds is 9. The number of ether oxygens (including phenoxy) is 3. The van der Waals surface area contributed by atoms with Gasteiger partial charge < -0.3 is 24.4 Å². The molecule has 0 spiro atoms. The molecular formula is C23H24N4O5S. The molecule has 2 amide bonds. The number of aromatic nitrogens is 2. The zero-order valence-electron chi connectivity index (χ0n) is 18.4. The molecule has 0 atom stereocenters. The highest BCUT2D eigenvalue weighted by molar-refractivity contribution is 7.18. The van der Waals surface area contributed by atoms with Crippen molar-refractivity contribution >= 4 is 28.3 Å². The van der Waals surface area contributed by atoms with E-state index in [0.29, 0.717) is 33.7 Å². The number of hydrogen-bond acceptors (Lipinski definition) is 8. The summed E-state index contributed by atoms with van der Waals surface area (Å²) in [5, 5.41) is 12.1. The molecule has 1 aliphatic rings. The fraction of sp³-hybridized carbons (Fsp3) is 0.304. The van der Waals surface area contributed by atoms with Crippen molar-refractivity contribution in [2.24, 2.45) is 0 Å². The first kappa shape index (κ1) is 22.5. The van der Waals surface area contributed by atoms with Crippen molar-refractivity contribution in [3.63, 3.8) is 0 Å². The van der Waals surface area contributed by atoms with Gasteiger partial charge in [-0.1, -0.05) is 18.3 Å². The summed E-state index contributed by atoms with van der Waals surface area (Å²) in [6.45, 7) is 2.97. The van der Waals surface area contributed by atoms with Gasteiger partial charge in [-0.2, -0.15) is 0 Å². The molecule has 0 radical (unpaired) electrons. The van der Waals surface area contributed by atoms with Gasteiger partial charge in [-0.3, -0.25) is 9.59 Å². The molecule has 1 N–H and O–H groups in total. The van der Waals surface area contributed by atoms with E-state index in [0.717, 1.165) is 17.7 Å². The third-order valence-corrected chi connectivity index (χ3v) is 5.91. The Morgan fingerprint density at radius 1 is 1.09 bits per heavy atom. The van der Waals surface area contributed by atoms with Gasteiger partial charge in [-0.15, -0.1) is 10.2 Å². The number of carbonyl (C=O) groups is 2. The molecular weight excluding hydrogens is 444 g/mol. The molecule has 0 saturated carbocycles. The summed E-state index contributed by atoms with van der Waals surface area (Å²) < 4.78 is 15.8. The van der Waals surface area contributed by atoms with Crippen LogP contribution in [0, 0.1) is 0 Å². The minimum atomic E-state index is -0.230. The number of fused-ring (bicyclic) bond motifs is 1. The second kappa shape index (κ2) is 10.3. The fourth-order valence-electron chi connectivity index (χ4n) is 3.34. The number of carbonyl (C=O) groups excluding carboxylic acids is 2. The fourth-order valence-corrected chi connectivity index (χ4v) is 4.10. The molecule has 3 aromatic rings. The topological polar surface area (TPSA) is 103 Å². The van der Waals surface area contributed by atoms with Crippen LogP contribution in [0.4, 0.5) is 5.13 Å². The predicted molar refractivity (Wildman–Crippen MR) is 124 cm³/mol. The molecule has 33 heavy (non-hydrogen) atoms. The van der Waals surface area contributed by atoms with E-state index in [2.05, 4.69) is 15.5 Å². The molecule has 1 aromatic heterocycles. The summed E-state index contributed by atoms with van der Waals surface area (Å²) in [6.07, 6.45) is 0.924. The molecule has 0 unspecified atom stereocenters. The highest BCUT2D eigenvalue weighted by Crippen LogP contribution is 2.33. The minimum absolute atomic E-state index is 0.147. The van der Waals surface area contributed by atoms with Crippen molar-refractivity contribution in [2.45, 2.75) is 19.8 Å². The molecule has 172 valence electrons. The van der Waals surface area contributed by atoms with Gasteiger partial charge in [0.15, 0.2) is 11.5 Å². The zero-order chi connectivity index (χ0) is 23.2. The van der Waals surface area contributed by atoms with E-state index < -0.39 is 0 Å². The Morgan fingerprint density at radius 3 is 2.64 bits per heavy atom. The Morgan fingerprint density at radius 2 is 1.88 bits per heavy atom. The lowest BCUT2D eigenvalue weighted by atomic mass is 10.1. The van der Waals surface area contributed by atoms with E-state index in [4.69, 9.17) is 14.2 Å². The Balaban J connectivity index is 1.34. The van der Waals surface area contributed by atoms with Crippen LogP contribution >= 0.6 is 11.3 Å². The van der Waals surface area contributed by atoms with Gasteiger partial charge in [-0.25, -0.2) is 0 Å². The first-order chi connectivity index (χ1) is 16.1. The average molecular weight is 469 g/mol. The number of benzene rings is 2. The van der Waals surface area contributed by atoms with Crippen LogP contribution in [0.15, 0.2) is 42.5 Å². The van der Waals surface area contributed by atoms with Crippen LogP contribution in [-0.2, 0) is 4.79 Å². The van der Waals surface area contributed by atoms with Crippen LogP contribution in [0.3, 0.4) is 0 Å². The van der Waals surface area contributed by atoms with E-state index in [-0.39, 0.29) is 31.6 Å². The smallest absolute Gasteiger partial charge is 0.254 e. The lowest BCUT2D eigenvalue weighted by molar-refractivity contribution is -0.116. The van der Waals surface area contributed by atoms with Crippen LogP contribution < -0.4 is 19.5 Å². The van der Waals surface area contributed by atoms with Gasteiger partial charge >= 0.3 is 0 Å². The molecule has 0 aliphatic carbocycles. The Bertz CT molecular complexity index is 1130. The SMILES string of the molecule is CCCN(CCC(=O)Nc1nnc(-c2ccc(OC)cc2)s1)C(=O)c1ccc2c(c1)OCO2. The van der Waals surface area contributed by atoms with Crippen molar-refractivity contribution < 1.29 is 23.8 Å². The predicted octanol–water partition coefficient (Wildman–Crippen LogP) is 3.82. The second-order valence-electron chi connectivity index (χ2n) is 7.30. The van der Waals surface area contributed by atoms with E-state index in [9.17, 15) is 9.59 Å². The maximum absolute atomic E-state index is 13.0. The average Bonchev–Trinajstić information content (AvgIpc) is 3.50. The van der Waals surface area contributed by atoms with E-state index in [1.54, 1.807) is 30.2 Å². The van der Waals surface area contributed by atoms with Gasteiger partial charge in [0.05, 0.1) is 7.11 Å². The number of hydrogen-bond donors (Lipinski definition) is 1. The first-order valence-electron chi connectivity index (χ1n) is 10.5. The lowest BCUT2D eigenvalue weighted by Crippen LogP contribution is -2.34. The molecule has 1 aliphatic heterocycles. The maximum Gasteiger partial charge on any atom is 0.254 e. The van der Waals surface area contributed by atoms with Crippen LogP contribution in [-0.4, -0.2) is 53.9 Å². The van der Waals surface area contributed by atoms with Crippen molar-refractivity contribution in [2.75, 3.05) is 32.3 Å². The van der Waals surface area contributed by atoms with Crippen LogP contribution in [0.25, 0.3) is 10.6 Å². The highest BCUT2D eigenvalue weighted by atomic mass is 32.1. The third kappa shape index (κ3) is 5.40. The van der Waals surface area contributed by atoms with Gasteiger partial charge in [0.2, 0.25) is 17.8 Å². The summed E-state index contributed by atoms with van der Waals surface area (Å²) >= 11 is 1.29. The summed E-state index contributed by atoms with van der Waals surface area (Å²) in [5.74, 6) is 1.55. The molecule has 10 heteroatoms. The third-order valence-electron chi connectivity index (χ3n) is 5.02. The summed E-state index contributed by atoms with van der Waals surface area (Å²) in [5.41, 5.74) is 1.39. The molecule has 2 aromatic carbocycles. The van der Waals surface area contributed by atoms with Gasteiger partial charge in [-0.05, 0) is 48.9 Å². The molecule has 9 nitrogen and oxygen atoms in total. The van der Waals surface area contributed by atoms with Crippen LogP contribution in [0.5, 0.6) is 17.2 Å². The van der Waals surface area contributed by atoms with Crippen molar-refractivity contribution in [3.8, 4) is 27.8 Å². The first-order valence-corrected chi connectivity index (χ1v) is 11.4. The Kier molecular flexibility index (Phi) is 7.04. The standard InChI is InChI=1S/C23H24N4O5S/c1-3-11-27(22(29)16-6-9-18-19(13-16)32-14-31-18)12-10-20(28)24-23-26-25-21(33-23)15-4-7-17(30-2)8-5-15/h4-9,13H,3,10-12,14H2,1-2H3,(H,24,26,28). The Hall–Kier alpha value is -3.66. The zero-order valence-corrected chi connectivity index (χ0v) is 19.2. The molecule has 0 saturated heterocycles. The summed E-state index contributed by atoms with van der Waals surface area (Å²) in [4.78, 5) is 27.1. The number of anilines is 1. The highest BCUT2D eigenvalue weighted by Gasteiger charge is 2.21. The number of methoxy groups -OCH3 is 1. The lowest BCUT2D eigenvalue weighted by Gasteiger charge is -2.22. The normalized spacial score (nSPS) is 11.8. The Labute approximate surface area is 195 Å². The minimum Gasteiger partial charge on any atom is -0.497 e. The van der Waals surface area contributed by atoms with Crippen molar-refractivity contribution in [3.05, 3.63) is 48.0 Å². The van der Waals surface area contributed by atoms with E-state index in [1.807, 2.05) is 31.2 Å². The summed E-state index contributed by atoms with van der Waals surface area (Å²) in [6, 6.07) is 12.6. The van der Waals surface area contributed by atoms with Gasteiger partial charge in [0.25, 0.3) is 5.91 Å². The molecule has 4 rings (SSSR count). The van der Waals surface area contributed by atoms with E-state index >= 15 is 0 Å². The molecule has 0 bridgehead atoms. The summed E-state index contributed by atoms with van der Waals surface area (Å²) in [7, 11) is 1.61. The largest absolute Gasteiger partial charge is 0.497 e.